The summed E-state index contributed by atoms with van der Waals surface area (Å²) in [5.74, 6) is 0. The van der Waals surface area contributed by atoms with Crippen LogP contribution in [0.3, 0.4) is 0 Å². The zero-order valence-corrected chi connectivity index (χ0v) is 7.28. The first-order chi connectivity index (χ1) is 5.68. The zero-order chi connectivity index (χ0) is 8.97. The molecule has 0 spiro atoms. The second kappa shape index (κ2) is 4.30. The second-order valence-corrected chi connectivity index (χ2v) is 2.88. The number of hydrogen-bond acceptors (Lipinski definition) is 3. The fourth-order valence-corrected chi connectivity index (χ4v) is 0.932. The lowest BCUT2D eigenvalue weighted by Gasteiger charge is -1.95. The van der Waals surface area contributed by atoms with Crippen LogP contribution in [0.5, 0.6) is 0 Å². The molecule has 1 aromatic carbocycles. The highest BCUT2D eigenvalue weighted by Crippen LogP contribution is 2.08. The van der Waals surface area contributed by atoms with Crippen LogP contribution in [0.2, 0.25) is 0 Å². The fraction of sp³-hybridized carbons (Fsp3) is 0.111. The van der Waals surface area contributed by atoms with Crippen LogP contribution in [0.25, 0.3) is 6.08 Å². The van der Waals surface area contributed by atoms with Crippen LogP contribution in [-0.2, 0) is 0 Å². The van der Waals surface area contributed by atoms with Gasteiger partial charge in [0.15, 0.2) is 6.29 Å². The molecule has 0 aliphatic carbocycles. The van der Waals surface area contributed by atoms with Gasteiger partial charge in [0.05, 0.1) is 0 Å². The minimum absolute atomic E-state index is 0.886. The number of benzene rings is 1. The van der Waals surface area contributed by atoms with Crippen LogP contribution >= 0.6 is 12.6 Å². The van der Waals surface area contributed by atoms with Gasteiger partial charge >= 0.3 is 0 Å². The Labute approximate surface area is 76.6 Å². The van der Waals surface area contributed by atoms with Crippen molar-refractivity contribution in [1.82, 2.24) is 0 Å². The van der Waals surface area contributed by atoms with Crippen molar-refractivity contribution in [1.29, 1.82) is 0 Å². The van der Waals surface area contributed by atoms with Gasteiger partial charge in [-0.05, 0) is 23.8 Å². The SMILES string of the molecule is OC(O)/C=C/c1ccc(S)cc1. The van der Waals surface area contributed by atoms with E-state index in [1.54, 1.807) is 6.08 Å². The molecule has 0 heterocycles. The first-order valence-corrected chi connectivity index (χ1v) is 3.96. The predicted octanol–water partition coefficient (Wildman–Crippen LogP) is 1.30. The normalized spacial score (nSPS) is 11.3. The standard InChI is InChI=1S/C9H10O2S/c10-9(11)6-3-7-1-4-8(12)5-2-7/h1-6,9-12H/b6-3+. The van der Waals surface area contributed by atoms with Crippen molar-refractivity contribution in [3.05, 3.63) is 35.9 Å². The molecule has 64 valence electrons. The Kier molecular flexibility index (Phi) is 3.34. The van der Waals surface area contributed by atoms with Gasteiger partial charge in [0.2, 0.25) is 0 Å². The Morgan fingerprint density at radius 2 is 1.75 bits per heavy atom. The molecular formula is C9H10O2S. The predicted molar refractivity (Wildman–Crippen MR) is 51.0 cm³/mol. The Bertz CT molecular complexity index is 264. The number of rotatable bonds is 2. The summed E-state index contributed by atoms with van der Waals surface area (Å²) in [4.78, 5) is 0.886. The molecule has 0 bridgehead atoms. The van der Waals surface area contributed by atoms with Crippen molar-refractivity contribution in [3.63, 3.8) is 0 Å². The summed E-state index contributed by atoms with van der Waals surface area (Å²) in [5.41, 5.74) is 0.918. The minimum atomic E-state index is -1.39. The van der Waals surface area contributed by atoms with E-state index >= 15 is 0 Å². The van der Waals surface area contributed by atoms with Crippen molar-refractivity contribution >= 4 is 18.7 Å². The number of thiol groups is 1. The van der Waals surface area contributed by atoms with Gasteiger partial charge in [0, 0.05) is 4.90 Å². The van der Waals surface area contributed by atoms with Gasteiger partial charge in [-0.25, -0.2) is 0 Å². The average molecular weight is 182 g/mol. The van der Waals surface area contributed by atoms with Crippen LogP contribution in [0.1, 0.15) is 5.56 Å². The highest BCUT2D eigenvalue weighted by Gasteiger charge is 1.89. The van der Waals surface area contributed by atoms with Crippen molar-refractivity contribution in [2.75, 3.05) is 0 Å². The third kappa shape index (κ3) is 3.09. The highest BCUT2D eigenvalue weighted by atomic mass is 32.1. The quantitative estimate of drug-likeness (QED) is 0.476. The molecule has 0 atom stereocenters. The Hall–Kier alpha value is -0.770. The van der Waals surface area contributed by atoms with E-state index in [1.165, 1.54) is 6.08 Å². The van der Waals surface area contributed by atoms with Crippen molar-refractivity contribution in [2.45, 2.75) is 11.2 Å². The first-order valence-electron chi connectivity index (χ1n) is 3.52. The minimum Gasteiger partial charge on any atom is -0.365 e. The molecule has 0 fully saturated rings. The van der Waals surface area contributed by atoms with Crippen molar-refractivity contribution in [3.8, 4) is 0 Å². The van der Waals surface area contributed by atoms with E-state index < -0.39 is 6.29 Å². The lowest BCUT2D eigenvalue weighted by Crippen LogP contribution is -1.96. The maximum absolute atomic E-state index is 8.52. The van der Waals surface area contributed by atoms with Gasteiger partial charge < -0.3 is 10.2 Å². The van der Waals surface area contributed by atoms with Crippen molar-refractivity contribution in [2.24, 2.45) is 0 Å². The van der Waals surface area contributed by atoms with Crippen LogP contribution in [0.15, 0.2) is 35.2 Å². The topological polar surface area (TPSA) is 40.5 Å². The van der Waals surface area contributed by atoms with Crippen LogP contribution in [0.4, 0.5) is 0 Å². The van der Waals surface area contributed by atoms with E-state index in [1.807, 2.05) is 24.3 Å². The molecule has 0 saturated heterocycles. The van der Waals surface area contributed by atoms with Gasteiger partial charge in [0.1, 0.15) is 0 Å². The summed E-state index contributed by atoms with van der Waals surface area (Å²) in [6.45, 7) is 0. The summed E-state index contributed by atoms with van der Waals surface area (Å²) in [6, 6.07) is 7.38. The summed E-state index contributed by atoms with van der Waals surface area (Å²) in [7, 11) is 0. The molecular weight excluding hydrogens is 172 g/mol. The van der Waals surface area contributed by atoms with Gasteiger partial charge in [-0.2, -0.15) is 0 Å². The van der Waals surface area contributed by atoms with Gasteiger partial charge in [-0.3, -0.25) is 0 Å². The molecule has 1 aromatic rings. The maximum Gasteiger partial charge on any atom is 0.171 e. The molecule has 2 N–H and O–H groups in total. The summed E-state index contributed by atoms with van der Waals surface area (Å²) >= 11 is 4.12. The third-order valence-electron chi connectivity index (χ3n) is 1.35. The van der Waals surface area contributed by atoms with E-state index in [4.69, 9.17) is 10.2 Å². The van der Waals surface area contributed by atoms with Crippen molar-refractivity contribution < 1.29 is 10.2 Å². The molecule has 1 rings (SSSR count). The number of aliphatic hydroxyl groups excluding tert-OH is 1. The largest absolute Gasteiger partial charge is 0.365 e. The van der Waals surface area contributed by atoms with Crippen LogP contribution < -0.4 is 0 Å². The van der Waals surface area contributed by atoms with E-state index in [2.05, 4.69) is 12.6 Å². The fourth-order valence-electron chi connectivity index (χ4n) is 0.783. The molecule has 0 saturated carbocycles. The summed E-state index contributed by atoms with van der Waals surface area (Å²) in [5, 5.41) is 17.0. The monoisotopic (exact) mass is 182 g/mol. The molecule has 0 aliphatic rings. The molecule has 0 aromatic heterocycles. The zero-order valence-electron chi connectivity index (χ0n) is 6.38. The lowest BCUT2D eigenvalue weighted by molar-refractivity contribution is 0.00304. The van der Waals surface area contributed by atoms with Crippen LogP contribution in [0, 0.1) is 0 Å². The Morgan fingerprint density at radius 1 is 1.17 bits per heavy atom. The Morgan fingerprint density at radius 3 is 2.25 bits per heavy atom. The molecule has 0 aliphatic heterocycles. The molecule has 0 unspecified atom stereocenters. The Balaban J connectivity index is 2.71. The van der Waals surface area contributed by atoms with Gasteiger partial charge in [0.25, 0.3) is 0 Å². The van der Waals surface area contributed by atoms with E-state index in [0.29, 0.717) is 0 Å². The summed E-state index contributed by atoms with van der Waals surface area (Å²) in [6.07, 6.45) is 1.55. The first kappa shape index (κ1) is 9.32. The molecule has 0 amide bonds. The lowest BCUT2D eigenvalue weighted by atomic mass is 10.2. The molecule has 0 radical (unpaired) electrons. The number of hydrogen-bond donors (Lipinski definition) is 3. The molecule has 3 heteroatoms. The van der Waals surface area contributed by atoms with Gasteiger partial charge in [-0.15, -0.1) is 12.6 Å². The smallest absolute Gasteiger partial charge is 0.171 e. The second-order valence-electron chi connectivity index (χ2n) is 2.36. The average Bonchev–Trinajstić information content (AvgIpc) is 2.03. The maximum atomic E-state index is 8.52. The summed E-state index contributed by atoms with van der Waals surface area (Å²) < 4.78 is 0. The van der Waals surface area contributed by atoms with E-state index in [0.717, 1.165) is 10.5 Å². The number of aliphatic hydroxyl groups is 2. The van der Waals surface area contributed by atoms with Gasteiger partial charge in [-0.1, -0.05) is 18.2 Å². The molecule has 12 heavy (non-hydrogen) atoms. The van der Waals surface area contributed by atoms with E-state index in [-0.39, 0.29) is 0 Å². The third-order valence-corrected chi connectivity index (χ3v) is 1.65. The highest BCUT2D eigenvalue weighted by molar-refractivity contribution is 7.80. The van der Waals surface area contributed by atoms with Crippen LogP contribution in [-0.4, -0.2) is 16.5 Å². The molecule has 2 nitrogen and oxygen atoms in total. The van der Waals surface area contributed by atoms with E-state index in [9.17, 15) is 0 Å².